The van der Waals surface area contributed by atoms with Crippen molar-refractivity contribution in [2.24, 2.45) is 11.7 Å². The third-order valence-corrected chi connectivity index (χ3v) is 2.45. The first-order valence-electron chi connectivity index (χ1n) is 3.99. The summed E-state index contributed by atoms with van der Waals surface area (Å²) in [7, 11) is 0. The third-order valence-electron chi connectivity index (χ3n) is 2.45. The van der Waals surface area contributed by atoms with Crippen LogP contribution in [0.4, 0.5) is 0 Å². The quantitative estimate of drug-likeness (QED) is 0.601. The molecule has 0 aromatic rings. The van der Waals surface area contributed by atoms with Crippen LogP contribution >= 0.6 is 0 Å². The molecule has 2 N–H and O–H groups in total. The largest absolute Gasteiger partial charge is 0.379 e. The van der Waals surface area contributed by atoms with Crippen LogP contribution in [0.1, 0.15) is 19.8 Å². The van der Waals surface area contributed by atoms with E-state index in [1.807, 2.05) is 0 Å². The van der Waals surface area contributed by atoms with Crippen LogP contribution in [0, 0.1) is 5.92 Å². The van der Waals surface area contributed by atoms with Crippen molar-refractivity contribution in [1.82, 2.24) is 0 Å². The van der Waals surface area contributed by atoms with Crippen molar-refractivity contribution < 1.29 is 9.53 Å². The number of nitrogens with two attached hydrogens (primary N) is 1. The van der Waals surface area contributed by atoms with Crippen molar-refractivity contribution >= 4 is 6.29 Å². The van der Waals surface area contributed by atoms with Crippen LogP contribution in [0.3, 0.4) is 0 Å². The molecule has 1 fully saturated rings. The maximum absolute atomic E-state index is 10.1. The fourth-order valence-electron chi connectivity index (χ4n) is 1.38. The number of ether oxygens (including phenoxy) is 1. The van der Waals surface area contributed by atoms with Gasteiger partial charge >= 0.3 is 0 Å². The zero-order valence-corrected chi connectivity index (χ0v) is 6.88. The van der Waals surface area contributed by atoms with Gasteiger partial charge in [0.25, 0.3) is 0 Å². The van der Waals surface area contributed by atoms with E-state index in [0.717, 1.165) is 19.3 Å². The van der Waals surface area contributed by atoms with Gasteiger partial charge in [0.1, 0.15) is 6.29 Å². The average molecular weight is 157 g/mol. The van der Waals surface area contributed by atoms with E-state index < -0.39 is 0 Å². The molecule has 0 aliphatic carbocycles. The first-order valence-corrected chi connectivity index (χ1v) is 3.99. The molecule has 0 saturated carbocycles. The monoisotopic (exact) mass is 157 g/mol. The van der Waals surface area contributed by atoms with Gasteiger partial charge in [0.05, 0.1) is 13.2 Å². The van der Waals surface area contributed by atoms with Crippen molar-refractivity contribution in [3.63, 3.8) is 0 Å². The van der Waals surface area contributed by atoms with Gasteiger partial charge < -0.3 is 15.3 Å². The van der Waals surface area contributed by atoms with Gasteiger partial charge in [-0.25, -0.2) is 0 Å². The summed E-state index contributed by atoms with van der Waals surface area (Å²) in [5, 5.41) is 0. The fraction of sp³-hybridized carbons (Fsp3) is 0.875. The van der Waals surface area contributed by atoms with E-state index in [2.05, 4.69) is 6.92 Å². The van der Waals surface area contributed by atoms with E-state index in [0.29, 0.717) is 18.9 Å². The van der Waals surface area contributed by atoms with E-state index in [1.165, 1.54) is 0 Å². The van der Waals surface area contributed by atoms with Gasteiger partial charge in [-0.2, -0.15) is 0 Å². The van der Waals surface area contributed by atoms with Gasteiger partial charge in [0, 0.05) is 12.0 Å². The average Bonchev–Trinajstić information content (AvgIpc) is 2.30. The summed E-state index contributed by atoms with van der Waals surface area (Å²) in [5.41, 5.74) is 5.76. The molecule has 0 spiro atoms. The van der Waals surface area contributed by atoms with E-state index in [1.54, 1.807) is 0 Å². The van der Waals surface area contributed by atoms with E-state index >= 15 is 0 Å². The number of aldehydes is 1. The molecule has 0 aromatic carbocycles. The molecule has 1 heterocycles. The SMILES string of the molecule is CC1COCC1(N)CCC=O. The van der Waals surface area contributed by atoms with Crippen LogP contribution < -0.4 is 5.73 Å². The molecule has 64 valence electrons. The van der Waals surface area contributed by atoms with Crippen LogP contribution in [0.15, 0.2) is 0 Å². The highest BCUT2D eigenvalue weighted by atomic mass is 16.5. The minimum Gasteiger partial charge on any atom is -0.379 e. The summed E-state index contributed by atoms with van der Waals surface area (Å²) in [5.74, 6) is 0.377. The van der Waals surface area contributed by atoms with Gasteiger partial charge in [0.15, 0.2) is 0 Å². The lowest BCUT2D eigenvalue weighted by molar-refractivity contribution is -0.108. The molecule has 1 aliphatic rings. The van der Waals surface area contributed by atoms with Crippen molar-refractivity contribution in [2.75, 3.05) is 13.2 Å². The number of rotatable bonds is 3. The second-order valence-corrected chi connectivity index (χ2v) is 3.35. The Morgan fingerprint density at radius 2 is 2.55 bits per heavy atom. The first-order chi connectivity index (χ1) is 5.19. The Labute approximate surface area is 66.9 Å². The van der Waals surface area contributed by atoms with Crippen LogP contribution in [0.2, 0.25) is 0 Å². The zero-order chi connectivity index (χ0) is 8.32. The van der Waals surface area contributed by atoms with Gasteiger partial charge in [-0.3, -0.25) is 0 Å². The Morgan fingerprint density at radius 3 is 3.00 bits per heavy atom. The molecule has 1 saturated heterocycles. The molecular formula is C8H15NO2. The molecule has 0 radical (unpaired) electrons. The highest BCUT2D eigenvalue weighted by molar-refractivity contribution is 5.49. The molecule has 2 atom stereocenters. The summed E-state index contributed by atoms with van der Waals surface area (Å²) in [4.78, 5) is 10.1. The molecular weight excluding hydrogens is 142 g/mol. The third kappa shape index (κ3) is 1.79. The van der Waals surface area contributed by atoms with Gasteiger partial charge in [-0.1, -0.05) is 6.92 Å². The fourth-order valence-corrected chi connectivity index (χ4v) is 1.38. The second-order valence-electron chi connectivity index (χ2n) is 3.35. The minimum absolute atomic E-state index is 0.249. The molecule has 1 rings (SSSR count). The molecule has 1 aliphatic heterocycles. The van der Waals surface area contributed by atoms with Crippen LogP contribution in [0.5, 0.6) is 0 Å². The Kier molecular flexibility index (Phi) is 2.62. The molecule has 3 nitrogen and oxygen atoms in total. The van der Waals surface area contributed by atoms with Gasteiger partial charge in [0.2, 0.25) is 0 Å². The second kappa shape index (κ2) is 3.32. The van der Waals surface area contributed by atoms with E-state index in [-0.39, 0.29) is 5.54 Å². The summed E-state index contributed by atoms with van der Waals surface area (Å²) >= 11 is 0. The number of carbonyl (C=O) groups excluding carboxylic acids is 1. The lowest BCUT2D eigenvalue weighted by Crippen LogP contribution is -2.45. The summed E-state index contributed by atoms with van der Waals surface area (Å²) in [6.45, 7) is 3.40. The van der Waals surface area contributed by atoms with Crippen LogP contribution in [0.25, 0.3) is 0 Å². The van der Waals surface area contributed by atoms with Crippen molar-refractivity contribution in [2.45, 2.75) is 25.3 Å². The summed E-state index contributed by atoms with van der Waals surface area (Å²) < 4.78 is 5.23. The van der Waals surface area contributed by atoms with Crippen molar-refractivity contribution in [1.29, 1.82) is 0 Å². The maximum atomic E-state index is 10.1. The Balaban J connectivity index is 2.43. The highest BCUT2D eigenvalue weighted by Gasteiger charge is 2.36. The van der Waals surface area contributed by atoms with Gasteiger partial charge in [-0.15, -0.1) is 0 Å². The minimum atomic E-state index is -0.249. The van der Waals surface area contributed by atoms with E-state index in [9.17, 15) is 4.79 Å². The molecule has 0 aromatic heterocycles. The Hall–Kier alpha value is -0.410. The standard InChI is InChI=1S/C8H15NO2/c1-7-5-11-6-8(7,9)3-2-4-10/h4,7H,2-3,5-6,9H2,1H3. The lowest BCUT2D eigenvalue weighted by Gasteiger charge is -2.25. The maximum Gasteiger partial charge on any atom is 0.120 e. The van der Waals surface area contributed by atoms with Gasteiger partial charge in [-0.05, 0) is 12.3 Å². The number of hydrogen-bond acceptors (Lipinski definition) is 3. The zero-order valence-electron chi connectivity index (χ0n) is 6.88. The highest BCUT2D eigenvalue weighted by Crippen LogP contribution is 2.26. The van der Waals surface area contributed by atoms with Crippen LogP contribution in [-0.4, -0.2) is 25.0 Å². The Bertz CT molecular complexity index is 149. The van der Waals surface area contributed by atoms with Crippen molar-refractivity contribution in [3.05, 3.63) is 0 Å². The van der Waals surface area contributed by atoms with Crippen LogP contribution in [-0.2, 0) is 9.53 Å². The van der Waals surface area contributed by atoms with E-state index in [4.69, 9.17) is 10.5 Å². The lowest BCUT2D eigenvalue weighted by atomic mass is 9.85. The first kappa shape index (κ1) is 8.68. The summed E-state index contributed by atoms with van der Waals surface area (Å²) in [6.07, 6.45) is 2.21. The molecule has 11 heavy (non-hydrogen) atoms. The van der Waals surface area contributed by atoms with Crippen molar-refractivity contribution in [3.8, 4) is 0 Å². The number of hydrogen-bond donors (Lipinski definition) is 1. The predicted molar refractivity (Wildman–Crippen MR) is 42.2 cm³/mol. The molecule has 0 amide bonds. The molecule has 0 bridgehead atoms. The molecule has 3 heteroatoms. The topological polar surface area (TPSA) is 52.3 Å². The normalized spacial score (nSPS) is 37.5. The molecule has 2 unspecified atom stereocenters. The Morgan fingerprint density at radius 1 is 1.82 bits per heavy atom. The summed E-state index contributed by atoms with van der Waals surface area (Å²) in [6, 6.07) is 0. The number of carbonyl (C=O) groups is 1. The smallest absolute Gasteiger partial charge is 0.120 e. The predicted octanol–water partition coefficient (Wildman–Crippen LogP) is 0.329.